The molecule has 4 rings (SSSR count). The SMILES string of the molecule is CCCCc1c(-c2ccccc2)oc(-c2ccccc2)c1C#Cc1ccccc1. The smallest absolute Gasteiger partial charge is 0.150 e. The van der Waals surface area contributed by atoms with Crippen LogP contribution >= 0.6 is 0 Å². The molecule has 0 aliphatic heterocycles. The van der Waals surface area contributed by atoms with Gasteiger partial charge in [-0.1, -0.05) is 104 Å². The Morgan fingerprint density at radius 1 is 0.655 bits per heavy atom. The van der Waals surface area contributed by atoms with Crippen molar-refractivity contribution in [2.24, 2.45) is 0 Å². The highest BCUT2D eigenvalue weighted by Crippen LogP contribution is 2.37. The lowest BCUT2D eigenvalue weighted by Gasteiger charge is -2.03. The number of benzene rings is 3. The van der Waals surface area contributed by atoms with Gasteiger partial charge < -0.3 is 4.42 Å². The van der Waals surface area contributed by atoms with E-state index in [-0.39, 0.29) is 0 Å². The van der Waals surface area contributed by atoms with Gasteiger partial charge in [-0.3, -0.25) is 0 Å². The Labute approximate surface area is 173 Å². The molecule has 0 aliphatic rings. The van der Waals surface area contributed by atoms with E-state index < -0.39 is 0 Å². The van der Waals surface area contributed by atoms with Gasteiger partial charge in [0.2, 0.25) is 0 Å². The van der Waals surface area contributed by atoms with Gasteiger partial charge in [-0.2, -0.15) is 0 Å². The van der Waals surface area contributed by atoms with E-state index in [0.29, 0.717) is 0 Å². The van der Waals surface area contributed by atoms with Crippen molar-refractivity contribution in [2.45, 2.75) is 26.2 Å². The van der Waals surface area contributed by atoms with Crippen LogP contribution < -0.4 is 0 Å². The minimum absolute atomic E-state index is 0.860. The van der Waals surface area contributed by atoms with Gasteiger partial charge >= 0.3 is 0 Å². The normalized spacial score (nSPS) is 10.4. The summed E-state index contributed by atoms with van der Waals surface area (Å²) in [6, 6.07) is 30.8. The summed E-state index contributed by atoms with van der Waals surface area (Å²) in [5, 5.41) is 0. The van der Waals surface area contributed by atoms with Gasteiger partial charge in [-0.05, 0) is 25.0 Å². The van der Waals surface area contributed by atoms with Gasteiger partial charge in [0.25, 0.3) is 0 Å². The van der Waals surface area contributed by atoms with Gasteiger partial charge in [0.15, 0.2) is 5.76 Å². The summed E-state index contributed by atoms with van der Waals surface area (Å²) >= 11 is 0. The Morgan fingerprint density at radius 3 is 1.79 bits per heavy atom. The van der Waals surface area contributed by atoms with Crippen LogP contribution in [0.4, 0.5) is 0 Å². The van der Waals surface area contributed by atoms with Crippen molar-refractivity contribution in [1.29, 1.82) is 0 Å². The van der Waals surface area contributed by atoms with E-state index in [9.17, 15) is 0 Å². The number of rotatable bonds is 5. The van der Waals surface area contributed by atoms with Crippen LogP contribution in [0.5, 0.6) is 0 Å². The molecule has 1 heterocycles. The first-order valence-corrected chi connectivity index (χ1v) is 10.2. The lowest BCUT2D eigenvalue weighted by Crippen LogP contribution is -1.91. The van der Waals surface area contributed by atoms with E-state index >= 15 is 0 Å². The molecule has 0 spiro atoms. The van der Waals surface area contributed by atoms with Crippen LogP contribution in [0, 0.1) is 11.8 Å². The molecule has 0 saturated heterocycles. The lowest BCUT2D eigenvalue weighted by atomic mass is 9.97. The van der Waals surface area contributed by atoms with Crippen molar-refractivity contribution >= 4 is 0 Å². The van der Waals surface area contributed by atoms with E-state index in [2.05, 4.69) is 55.2 Å². The molecule has 0 saturated carbocycles. The summed E-state index contributed by atoms with van der Waals surface area (Å²) in [6.45, 7) is 2.22. The third kappa shape index (κ3) is 4.33. The fraction of sp³-hybridized carbons (Fsp3) is 0.143. The van der Waals surface area contributed by atoms with Crippen LogP contribution in [0.1, 0.15) is 36.5 Å². The van der Waals surface area contributed by atoms with Crippen LogP contribution in [0.2, 0.25) is 0 Å². The van der Waals surface area contributed by atoms with E-state index in [4.69, 9.17) is 4.42 Å². The van der Waals surface area contributed by atoms with Crippen molar-refractivity contribution < 1.29 is 4.42 Å². The van der Waals surface area contributed by atoms with Crippen molar-refractivity contribution in [1.82, 2.24) is 0 Å². The summed E-state index contributed by atoms with van der Waals surface area (Å²) in [6.07, 6.45) is 3.19. The van der Waals surface area contributed by atoms with Gasteiger partial charge in [-0.15, -0.1) is 0 Å². The van der Waals surface area contributed by atoms with Gasteiger partial charge in [0.1, 0.15) is 5.76 Å². The molecule has 142 valence electrons. The summed E-state index contributed by atoms with van der Waals surface area (Å²) in [4.78, 5) is 0. The highest BCUT2D eigenvalue weighted by molar-refractivity contribution is 5.76. The molecule has 1 nitrogen and oxygen atoms in total. The molecule has 29 heavy (non-hydrogen) atoms. The lowest BCUT2D eigenvalue weighted by molar-refractivity contribution is 0.592. The fourth-order valence-corrected chi connectivity index (χ4v) is 3.46. The Bertz CT molecular complexity index is 1110. The second-order valence-corrected chi connectivity index (χ2v) is 7.07. The zero-order valence-electron chi connectivity index (χ0n) is 16.7. The monoisotopic (exact) mass is 376 g/mol. The Morgan fingerprint density at radius 2 is 1.21 bits per heavy atom. The zero-order valence-corrected chi connectivity index (χ0v) is 16.7. The third-order valence-electron chi connectivity index (χ3n) is 4.96. The molecule has 1 heteroatoms. The standard InChI is InChI=1S/C28H24O/c1-2-3-19-25-26(21-20-22-13-7-4-8-14-22)28(24-17-11-6-12-18-24)29-27(25)23-15-9-5-10-16-23/h4-18H,2-3,19H2,1H3. The van der Waals surface area contributed by atoms with Crippen molar-refractivity contribution in [2.75, 3.05) is 0 Å². The van der Waals surface area contributed by atoms with E-state index in [1.807, 2.05) is 54.6 Å². The molecule has 0 N–H and O–H groups in total. The van der Waals surface area contributed by atoms with Crippen molar-refractivity contribution in [3.63, 3.8) is 0 Å². The quantitative estimate of drug-likeness (QED) is 0.332. The van der Waals surface area contributed by atoms with E-state index in [1.165, 1.54) is 5.56 Å². The van der Waals surface area contributed by atoms with Crippen LogP contribution in [0.3, 0.4) is 0 Å². The largest absolute Gasteiger partial charge is 0.454 e. The predicted octanol–water partition coefficient (Wildman–Crippen LogP) is 7.36. The fourth-order valence-electron chi connectivity index (χ4n) is 3.46. The second-order valence-electron chi connectivity index (χ2n) is 7.07. The topological polar surface area (TPSA) is 13.1 Å². The van der Waals surface area contributed by atoms with Crippen LogP contribution in [-0.4, -0.2) is 0 Å². The number of hydrogen-bond acceptors (Lipinski definition) is 1. The third-order valence-corrected chi connectivity index (χ3v) is 4.96. The summed E-state index contributed by atoms with van der Waals surface area (Å²) in [5.41, 5.74) is 5.39. The second kappa shape index (κ2) is 9.13. The van der Waals surface area contributed by atoms with E-state index in [0.717, 1.165) is 53.0 Å². The minimum atomic E-state index is 0.860. The Kier molecular flexibility index (Phi) is 5.93. The van der Waals surface area contributed by atoms with Crippen LogP contribution in [-0.2, 0) is 6.42 Å². The zero-order chi connectivity index (χ0) is 19.9. The van der Waals surface area contributed by atoms with E-state index in [1.54, 1.807) is 0 Å². The maximum absolute atomic E-state index is 6.50. The Hall–Kier alpha value is -3.50. The molecule has 0 radical (unpaired) electrons. The van der Waals surface area contributed by atoms with Gasteiger partial charge in [0, 0.05) is 22.3 Å². The molecule has 1 aromatic heterocycles. The molecule has 0 unspecified atom stereocenters. The minimum Gasteiger partial charge on any atom is -0.454 e. The summed E-state index contributed by atoms with van der Waals surface area (Å²) < 4.78 is 6.50. The maximum atomic E-state index is 6.50. The average Bonchev–Trinajstić information content (AvgIpc) is 3.16. The van der Waals surface area contributed by atoms with Crippen molar-refractivity contribution in [3.8, 4) is 34.5 Å². The summed E-state index contributed by atoms with van der Waals surface area (Å²) in [5.74, 6) is 8.59. The highest BCUT2D eigenvalue weighted by Gasteiger charge is 2.21. The molecule has 0 bridgehead atoms. The first kappa shape index (κ1) is 18.8. The number of unbranched alkanes of at least 4 members (excludes halogenated alkanes) is 1. The van der Waals surface area contributed by atoms with Gasteiger partial charge in [-0.25, -0.2) is 0 Å². The molecule has 4 aromatic rings. The molecule has 0 fully saturated rings. The van der Waals surface area contributed by atoms with Gasteiger partial charge in [0.05, 0.1) is 5.56 Å². The first-order valence-electron chi connectivity index (χ1n) is 10.2. The number of furan rings is 1. The molecular weight excluding hydrogens is 352 g/mol. The number of hydrogen-bond donors (Lipinski definition) is 0. The molecular formula is C28H24O. The van der Waals surface area contributed by atoms with Crippen molar-refractivity contribution in [3.05, 3.63) is 108 Å². The molecule has 0 atom stereocenters. The first-order chi connectivity index (χ1) is 14.4. The summed E-state index contributed by atoms with van der Waals surface area (Å²) in [7, 11) is 0. The predicted molar refractivity (Wildman–Crippen MR) is 121 cm³/mol. The maximum Gasteiger partial charge on any atom is 0.150 e. The van der Waals surface area contributed by atoms with Crippen LogP contribution in [0.15, 0.2) is 95.4 Å². The highest BCUT2D eigenvalue weighted by atomic mass is 16.3. The Balaban J connectivity index is 1.92. The molecule has 3 aromatic carbocycles. The average molecular weight is 376 g/mol. The molecule has 0 amide bonds. The van der Waals surface area contributed by atoms with Crippen LogP contribution in [0.25, 0.3) is 22.6 Å². The molecule has 0 aliphatic carbocycles.